The highest BCUT2D eigenvalue weighted by Crippen LogP contribution is 2.14. The van der Waals surface area contributed by atoms with Gasteiger partial charge in [0.15, 0.2) is 0 Å². The number of hydrogen-bond acceptors (Lipinski definition) is 5. The third-order valence-electron chi connectivity index (χ3n) is 2.70. The van der Waals surface area contributed by atoms with Crippen molar-refractivity contribution in [3.05, 3.63) is 29.8 Å². The van der Waals surface area contributed by atoms with Crippen molar-refractivity contribution < 1.29 is 22.1 Å². The Morgan fingerprint density at radius 1 is 1.37 bits per heavy atom. The summed E-state index contributed by atoms with van der Waals surface area (Å²) in [6, 6.07) is 6.39. The van der Waals surface area contributed by atoms with Crippen LogP contribution < -0.4 is 5.32 Å². The molecule has 7 heteroatoms. The van der Waals surface area contributed by atoms with E-state index in [1.54, 1.807) is 12.1 Å². The Balaban J connectivity index is 1.94. The lowest BCUT2D eigenvalue weighted by Gasteiger charge is -2.22. The molecule has 19 heavy (non-hydrogen) atoms. The van der Waals surface area contributed by atoms with Crippen molar-refractivity contribution in [3.63, 3.8) is 0 Å². The Morgan fingerprint density at radius 3 is 2.63 bits per heavy atom. The Labute approximate surface area is 111 Å². The third kappa shape index (κ3) is 3.76. The van der Waals surface area contributed by atoms with E-state index < -0.39 is 16.2 Å². The van der Waals surface area contributed by atoms with Crippen molar-refractivity contribution in [2.75, 3.05) is 19.8 Å². The van der Waals surface area contributed by atoms with Crippen LogP contribution in [-0.2, 0) is 23.8 Å². The molecular formula is C12H15NO5S. The van der Waals surface area contributed by atoms with Crippen LogP contribution in [0.4, 0.5) is 0 Å². The fourth-order valence-corrected chi connectivity index (χ4v) is 2.51. The lowest BCUT2D eigenvalue weighted by atomic mass is 10.2. The van der Waals surface area contributed by atoms with Gasteiger partial charge in [0, 0.05) is 6.54 Å². The second kappa shape index (κ2) is 5.68. The van der Waals surface area contributed by atoms with Gasteiger partial charge >= 0.3 is 0 Å². The SMILES string of the molecule is Cc1ccc(S(=O)(=O)OC[C@H]2CNC(=O)CO2)cc1. The van der Waals surface area contributed by atoms with Crippen molar-refractivity contribution in [2.24, 2.45) is 0 Å². The van der Waals surface area contributed by atoms with Crippen LogP contribution in [0.3, 0.4) is 0 Å². The van der Waals surface area contributed by atoms with Crippen LogP contribution in [0.2, 0.25) is 0 Å². The summed E-state index contributed by atoms with van der Waals surface area (Å²) in [5, 5.41) is 2.58. The summed E-state index contributed by atoms with van der Waals surface area (Å²) in [5.41, 5.74) is 0.970. The van der Waals surface area contributed by atoms with Crippen molar-refractivity contribution in [1.29, 1.82) is 0 Å². The number of morpholine rings is 1. The molecule has 0 spiro atoms. The monoisotopic (exact) mass is 285 g/mol. The van der Waals surface area contributed by atoms with Crippen LogP contribution in [-0.4, -0.2) is 40.2 Å². The number of aryl methyl sites for hydroxylation is 1. The number of nitrogens with one attached hydrogen (secondary N) is 1. The van der Waals surface area contributed by atoms with Crippen molar-refractivity contribution in [1.82, 2.24) is 5.32 Å². The summed E-state index contributed by atoms with van der Waals surface area (Å²) in [5.74, 6) is -0.211. The van der Waals surface area contributed by atoms with E-state index in [0.717, 1.165) is 5.56 Å². The zero-order valence-electron chi connectivity index (χ0n) is 10.5. The van der Waals surface area contributed by atoms with Gasteiger partial charge in [0.2, 0.25) is 5.91 Å². The number of ether oxygens (including phenoxy) is 1. The average Bonchev–Trinajstić information content (AvgIpc) is 2.39. The average molecular weight is 285 g/mol. The first-order chi connectivity index (χ1) is 8.97. The van der Waals surface area contributed by atoms with Gasteiger partial charge in [0.1, 0.15) is 12.7 Å². The van der Waals surface area contributed by atoms with Gasteiger partial charge < -0.3 is 10.1 Å². The Bertz CT molecular complexity index is 542. The zero-order chi connectivity index (χ0) is 13.9. The van der Waals surface area contributed by atoms with E-state index >= 15 is 0 Å². The molecule has 2 rings (SSSR count). The molecule has 1 aromatic carbocycles. The van der Waals surface area contributed by atoms with E-state index in [1.165, 1.54) is 12.1 Å². The molecule has 0 unspecified atom stereocenters. The first-order valence-corrected chi connectivity index (χ1v) is 7.22. The normalized spacial score (nSPS) is 20.1. The van der Waals surface area contributed by atoms with Crippen molar-refractivity contribution in [2.45, 2.75) is 17.9 Å². The summed E-state index contributed by atoms with van der Waals surface area (Å²) >= 11 is 0. The largest absolute Gasteiger partial charge is 0.364 e. The Morgan fingerprint density at radius 2 is 2.05 bits per heavy atom. The molecule has 1 amide bonds. The van der Waals surface area contributed by atoms with E-state index in [4.69, 9.17) is 8.92 Å². The topological polar surface area (TPSA) is 81.7 Å². The predicted molar refractivity (Wildman–Crippen MR) is 67.1 cm³/mol. The zero-order valence-corrected chi connectivity index (χ0v) is 11.3. The van der Waals surface area contributed by atoms with Crippen LogP contribution in [0, 0.1) is 6.92 Å². The van der Waals surface area contributed by atoms with Crippen LogP contribution in [0.15, 0.2) is 29.2 Å². The smallest absolute Gasteiger partial charge is 0.297 e. The van der Waals surface area contributed by atoms with Crippen LogP contribution >= 0.6 is 0 Å². The number of carbonyl (C=O) groups is 1. The molecule has 1 fully saturated rings. The maximum atomic E-state index is 11.9. The molecule has 1 saturated heterocycles. The maximum absolute atomic E-state index is 11.9. The Kier molecular flexibility index (Phi) is 4.18. The standard InChI is InChI=1S/C12H15NO5S/c1-9-2-4-11(5-3-9)19(15,16)18-7-10-6-13-12(14)8-17-10/h2-5,10H,6-8H2,1H3,(H,13,14)/t10-/m1/s1. The molecule has 6 nitrogen and oxygen atoms in total. The summed E-state index contributed by atoms with van der Waals surface area (Å²) in [4.78, 5) is 11.0. The predicted octanol–water partition coefficient (Wildman–Crippen LogP) is 0.215. The van der Waals surface area contributed by atoms with Gasteiger partial charge in [-0.25, -0.2) is 0 Å². The second-order valence-electron chi connectivity index (χ2n) is 4.29. The van der Waals surface area contributed by atoms with Gasteiger partial charge in [-0.05, 0) is 19.1 Å². The highest BCUT2D eigenvalue weighted by molar-refractivity contribution is 7.86. The lowest BCUT2D eigenvalue weighted by molar-refractivity contribution is -0.134. The van der Waals surface area contributed by atoms with Gasteiger partial charge in [-0.1, -0.05) is 17.7 Å². The molecule has 104 valence electrons. The molecule has 0 aliphatic carbocycles. The third-order valence-corrected chi connectivity index (χ3v) is 3.99. The molecule has 0 radical (unpaired) electrons. The number of amides is 1. The van der Waals surface area contributed by atoms with Gasteiger partial charge in [0.05, 0.1) is 11.5 Å². The van der Waals surface area contributed by atoms with Crippen molar-refractivity contribution >= 4 is 16.0 Å². The summed E-state index contributed by atoms with van der Waals surface area (Å²) in [6.07, 6.45) is -0.446. The number of benzene rings is 1. The minimum atomic E-state index is -3.78. The molecular weight excluding hydrogens is 270 g/mol. The molecule has 1 heterocycles. The fraction of sp³-hybridized carbons (Fsp3) is 0.417. The van der Waals surface area contributed by atoms with E-state index in [1.807, 2.05) is 6.92 Å². The van der Waals surface area contributed by atoms with E-state index in [0.29, 0.717) is 0 Å². The first kappa shape index (κ1) is 14.0. The molecule has 1 atom stereocenters. The Hall–Kier alpha value is -1.44. The van der Waals surface area contributed by atoms with Crippen LogP contribution in [0.5, 0.6) is 0 Å². The fourth-order valence-electron chi connectivity index (χ4n) is 1.58. The van der Waals surface area contributed by atoms with Crippen LogP contribution in [0.1, 0.15) is 5.56 Å². The van der Waals surface area contributed by atoms with Crippen LogP contribution in [0.25, 0.3) is 0 Å². The highest BCUT2D eigenvalue weighted by Gasteiger charge is 2.22. The molecule has 1 aliphatic rings. The van der Waals surface area contributed by atoms with Gasteiger partial charge in [-0.15, -0.1) is 0 Å². The van der Waals surface area contributed by atoms with Gasteiger partial charge in [-0.2, -0.15) is 8.42 Å². The molecule has 0 aromatic heterocycles. The number of rotatable bonds is 4. The summed E-state index contributed by atoms with van der Waals surface area (Å²) in [6.45, 7) is 1.94. The minimum absolute atomic E-state index is 0.0708. The molecule has 0 bridgehead atoms. The van der Waals surface area contributed by atoms with E-state index in [2.05, 4.69) is 5.32 Å². The lowest BCUT2D eigenvalue weighted by Crippen LogP contribution is -2.45. The number of carbonyl (C=O) groups excluding carboxylic acids is 1. The maximum Gasteiger partial charge on any atom is 0.297 e. The van der Waals surface area contributed by atoms with Gasteiger partial charge in [-0.3, -0.25) is 8.98 Å². The molecule has 0 saturated carbocycles. The molecule has 1 N–H and O–H groups in total. The van der Waals surface area contributed by atoms with Crippen molar-refractivity contribution in [3.8, 4) is 0 Å². The number of hydrogen-bond donors (Lipinski definition) is 1. The molecule has 1 aromatic rings. The minimum Gasteiger partial charge on any atom is -0.364 e. The second-order valence-corrected chi connectivity index (χ2v) is 5.90. The molecule has 1 aliphatic heterocycles. The quantitative estimate of drug-likeness (QED) is 0.800. The highest BCUT2D eigenvalue weighted by atomic mass is 32.2. The first-order valence-electron chi connectivity index (χ1n) is 5.82. The van der Waals surface area contributed by atoms with E-state index in [-0.39, 0.29) is 30.6 Å². The van der Waals surface area contributed by atoms with E-state index in [9.17, 15) is 13.2 Å². The van der Waals surface area contributed by atoms with Gasteiger partial charge in [0.25, 0.3) is 10.1 Å². The summed E-state index contributed by atoms with van der Waals surface area (Å²) in [7, 11) is -3.78. The summed E-state index contributed by atoms with van der Waals surface area (Å²) < 4.78 is 33.8.